The summed E-state index contributed by atoms with van der Waals surface area (Å²) in [6.07, 6.45) is -1.26. The van der Waals surface area contributed by atoms with E-state index < -0.39 is 18.0 Å². The zero-order valence-corrected chi connectivity index (χ0v) is 20.5. The lowest BCUT2D eigenvalue weighted by molar-refractivity contribution is -0.140. The number of alkyl halides is 3. The number of hydrogen-bond acceptors (Lipinski definition) is 7. The van der Waals surface area contributed by atoms with Crippen molar-refractivity contribution in [1.82, 2.24) is 19.5 Å². The molecule has 2 aromatic heterocycles. The zero-order chi connectivity index (χ0) is 25.9. The minimum Gasteiger partial charge on any atom is -0.457 e. The van der Waals surface area contributed by atoms with Gasteiger partial charge in [-0.25, -0.2) is 14.3 Å². The fourth-order valence-electron chi connectivity index (χ4n) is 6.00. The molecule has 3 aromatic rings. The third-order valence-corrected chi connectivity index (χ3v) is 8.27. The Hall–Kier alpha value is -3.18. The molecule has 8 nitrogen and oxygen atoms in total. The molecule has 0 amide bonds. The number of halogens is 3. The van der Waals surface area contributed by atoms with E-state index in [9.17, 15) is 23.1 Å². The Morgan fingerprint density at radius 2 is 1.89 bits per heavy atom. The van der Waals surface area contributed by atoms with E-state index in [1.807, 2.05) is 13.0 Å². The van der Waals surface area contributed by atoms with Crippen LogP contribution in [-0.4, -0.2) is 63.3 Å². The number of likely N-dealkylation sites (tertiary alicyclic amines) is 1. The van der Waals surface area contributed by atoms with Gasteiger partial charge in [-0.1, -0.05) is 6.07 Å². The first-order valence-corrected chi connectivity index (χ1v) is 12.5. The molecule has 196 valence electrons. The lowest BCUT2D eigenvalue weighted by Gasteiger charge is -2.40. The van der Waals surface area contributed by atoms with Gasteiger partial charge in [0.25, 0.3) is 0 Å². The molecule has 0 bridgehead atoms. The number of carbonyl (C=O) groups is 1. The number of aromatic nitrogens is 3. The highest BCUT2D eigenvalue weighted by Crippen LogP contribution is 2.42. The molecule has 0 saturated carbocycles. The second-order valence-electron chi connectivity index (χ2n) is 10.5. The molecule has 2 saturated heterocycles. The van der Waals surface area contributed by atoms with Crippen molar-refractivity contribution in [2.45, 2.75) is 45.1 Å². The number of carbonyl (C=O) groups excluding carboxylic acids is 1. The lowest BCUT2D eigenvalue weighted by atomic mass is 9.77. The fourth-order valence-corrected chi connectivity index (χ4v) is 6.00. The summed E-state index contributed by atoms with van der Waals surface area (Å²) in [6.45, 7) is 6.04. The maximum atomic E-state index is 13.0. The number of anilines is 1. The van der Waals surface area contributed by atoms with Crippen LogP contribution in [0.4, 0.5) is 19.0 Å². The molecule has 0 unspecified atom stereocenters. The van der Waals surface area contributed by atoms with Gasteiger partial charge in [-0.2, -0.15) is 13.2 Å². The molecule has 3 aliphatic heterocycles. The summed E-state index contributed by atoms with van der Waals surface area (Å²) in [4.78, 5) is 19.9. The van der Waals surface area contributed by atoms with Gasteiger partial charge < -0.3 is 19.6 Å². The fraction of sp³-hybridized carbons (Fsp3) is 0.500. The van der Waals surface area contributed by atoms with Crippen LogP contribution in [0.3, 0.4) is 0 Å². The van der Waals surface area contributed by atoms with Crippen LogP contribution in [-0.2, 0) is 17.5 Å². The summed E-state index contributed by atoms with van der Waals surface area (Å²) in [6, 6.07) is 6.89. The van der Waals surface area contributed by atoms with Crippen molar-refractivity contribution >= 4 is 17.4 Å². The van der Waals surface area contributed by atoms with E-state index in [-0.39, 0.29) is 23.6 Å². The van der Waals surface area contributed by atoms with Gasteiger partial charge in [-0.3, -0.25) is 0 Å². The van der Waals surface area contributed by atoms with E-state index in [4.69, 9.17) is 4.74 Å². The zero-order valence-electron chi connectivity index (χ0n) is 20.5. The van der Waals surface area contributed by atoms with E-state index in [0.29, 0.717) is 17.9 Å². The molecular weight excluding hydrogens is 487 g/mol. The number of benzene rings is 1. The highest BCUT2D eigenvalue weighted by molar-refractivity contribution is 5.93. The molecule has 1 spiro atoms. The molecule has 1 aromatic carbocycles. The molecule has 2 fully saturated rings. The predicted octanol–water partition coefficient (Wildman–Crippen LogP) is 3.75. The van der Waals surface area contributed by atoms with Crippen molar-refractivity contribution in [1.29, 1.82) is 0 Å². The van der Waals surface area contributed by atoms with E-state index in [2.05, 4.69) is 19.9 Å². The SMILES string of the molecule is Cc1c([C@@H](O)CN2CCC3(CC2)CCN(c2ccc4nc(C(F)(F)F)cn4n2)C3)ccc2c1COC2=O. The number of rotatable bonds is 4. The number of imidazole rings is 1. The minimum atomic E-state index is -4.50. The van der Waals surface area contributed by atoms with Crippen molar-refractivity contribution in [2.24, 2.45) is 5.41 Å². The van der Waals surface area contributed by atoms with Crippen LogP contribution in [0.5, 0.6) is 0 Å². The summed E-state index contributed by atoms with van der Waals surface area (Å²) in [5, 5.41) is 15.4. The van der Waals surface area contributed by atoms with Gasteiger partial charge in [0.05, 0.1) is 17.9 Å². The molecular formula is C26H28F3N5O3. The molecule has 0 radical (unpaired) electrons. The smallest absolute Gasteiger partial charge is 0.434 e. The quantitative estimate of drug-likeness (QED) is 0.530. The summed E-state index contributed by atoms with van der Waals surface area (Å²) in [5.41, 5.74) is 2.56. The molecule has 0 aliphatic carbocycles. The van der Waals surface area contributed by atoms with Crippen LogP contribution in [0.25, 0.3) is 5.65 Å². The van der Waals surface area contributed by atoms with Gasteiger partial charge in [-0.15, -0.1) is 5.10 Å². The standard InChI is InChI=1S/C26H28F3N5O3/c1-16-17(2-3-18-19(16)14-37-24(18)36)20(35)12-32-9-6-25(7-10-32)8-11-33(15-25)23-5-4-22-30-21(26(27,28)29)13-34(22)31-23/h2-5,13,20,35H,6-12,14-15H2,1H3/t20-/m0/s1. The molecule has 11 heteroatoms. The number of piperidine rings is 1. The maximum Gasteiger partial charge on any atom is 0.434 e. The topological polar surface area (TPSA) is 83.2 Å². The third kappa shape index (κ3) is 4.33. The first kappa shape index (κ1) is 24.2. The Morgan fingerprint density at radius 1 is 1.14 bits per heavy atom. The van der Waals surface area contributed by atoms with Crippen molar-refractivity contribution < 1.29 is 27.8 Å². The Balaban J connectivity index is 1.08. The van der Waals surface area contributed by atoms with E-state index in [0.717, 1.165) is 68.3 Å². The first-order valence-electron chi connectivity index (χ1n) is 12.5. The molecule has 5 heterocycles. The number of esters is 1. The highest BCUT2D eigenvalue weighted by Gasteiger charge is 2.41. The van der Waals surface area contributed by atoms with Gasteiger partial charge in [0, 0.05) is 25.2 Å². The number of cyclic esters (lactones) is 1. The average Bonchev–Trinajstić information content (AvgIpc) is 3.58. The van der Waals surface area contributed by atoms with Crippen molar-refractivity contribution in [3.63, 3.8) is 0 Å². The van der Waals surface area contributed by atoms with Gasteiger partial charge in [0.1, 0.15) is 12.4 Å². The van der Waals surface area contributed by atoms with Crippen molar-refractivity contribution in [3.8, 4) is 0 Å². The van der Waals surface area contributed by atoms with Crippen LogP contribution < -0.4 is 4.90 Å². The van der Waals surface area contributed by atoms with E-state index in [1.165, 1.54) is 4.52 Å². The number of aliphatic hydroxyl groups excluding tert-OH is 1. The van der Waals surface area contributed by atoms with Gasteiger partial charge in [0.2, 0.25) is 0 Å². The largest absolute Gasteiger partial charge is 0.457 e. The van der Waals surface area contributed by atoms with Crippen LogP contribution in [0.15, 0.2) is 30.5 Å². The maximum absolute atomic E-state index is 13.0. The second kappa shape index (κ2) is 8.70. The predicted molar refractivity (Wildman–Crippen MR) is 128 cm³/mol. The van der Waals surface area contributed by atoms with Crippen molar-refractivity contribution in [3.05, 3.63) is 58.4 Å². The molecule has 3 aliphatic rings. The lowest BCUT2D eigenvalue weighted by Crippen LogP contribution is -2.43. The molecule has 1 N–H and O–H groups in total. The third-order valence-electron chi connectivity index (χ3n) is 8.27. The van der Waals surface area contributed by atoms with Crippen LogP contribution in [0.2, 0.25) is 0 Å². The van der Waals surface area contributed by atoms with Crippen LogP contribution >= 0.6 is 0 Å². The molecule has 1 atom stereocenters. The number of fused-ring (bicyclic) bond motifs is 2. The van der Waals surface area contributed by atoms with Crippen LogP contribution in [0.1, 0.15) is 58.1 Å². The van der Waals surface area contributed by atoms with Gasteiger partial charge in [0.15, 0.2) is 11.3 Å². The Morgan fingerprint density at radius 3 is 2.65 bits per heavy atom. The average molecular weight is 516 g/mol. The molecule has 37 heavy (non-hydrogen) atoms. The van der Waals surface area contributed by atoms with E-state index >= 15 is 0 Å². The number of β-amino-alcohol motifs (C(OH)–C–C–N with tert-alkyl or cyclic N) is 1. The van der Waals surface area contributed by atoms with E-state index in [1.54, 1.807) is 18.2 Å². The molecule has 6 rings (SSSR count). The van der Waals surface area contributed by atoms with Crippen molar-refractivity contribution in [2.75, 3.05) is 37.6 Å². The monoisotopic (exact) mass is 515 g/mol. The minimum absolute atomic E-state index is 0.130. The number of ether oxygens (including phenoxy) is 1. The Kier molecular flexibility index (Phi) is 5.68. The van der Waals surface area contributed by atoms with Crippen LogP contribution in [0, 0.1) is 12.3 Å². The second-order valence-corrected chi connectivity index (χ2v) is 10.5. The summed E-state index contributed by atoms with van der Waals surface area (Å²) in [5.74, 6) is 0.347. The summed E-state index contributed by atoms with van der Waals surface area (Å²) >= 11 is 0. The number of nitrogens with zero attached hydrogens (tertiary/aromatic N) is 5. The normalized spacial score (nSPS) is 20.6. The summed E-state index contributed by atoms with van der Waals surface area (Å²) in [7, 11) is 0. The Labute approximate surface area is 211 Å². The first-order chi connectivity index (χ1) is 17.6. The summed E-state index contributed by atoms with van der Waals surface area (Å²) < 4.78 is 45.4. The number of hydrogen-bond donors (Lipinski definition) is 1. The number of aliphatic hydroxyl groups is 1. The van der Waals surface area contributed by atoms with Gasteiger partial charge in [-0.05, 0) is 74.0 Å². The highest BCUT2D eigenvalue weighted by atomic mass is 19.4. The Bertz CT molecular complexity index is 1360. The van der Waals surface area contributed by atoms with Gasteiger partial charge >= 0.3 is 12.1 Å².